The first-order chi connectivity index (χ1) is 12.0. The zero-order valence-corrected chi connectivity index (χ0v) is 13.4. The summed E-state index contributed by atoms with van der Waals surface area (Å²) in [5.41, 5.74) is 1.53. The Labute approximate surface area is 147 Å². The van der Waals surface area contributed by atoms with E-state index in [0.29, 0.717) is 27.4 Å². The molecule has 0 aliphatic heterocycles. The zero-order chi connectivity index (χ0) is 18.0. The smallest absolute Gasteiger partial charge is 0.269 e. The van der Waals surface area contributed by atoms with Crippen molar-refractivity contribution in [3.8, 4) is 28.5 Å². The molecule has 25 heavy (non-hydrogen) atoms. The van der Waals surface area contributed by atoms with Crippen LogP contribution in [0.25, 0.3) is 22.4 Å². The third-order valence-corrected chi connectivity index (χ3v) is 3.90. The van der Waals surface area contributed by atoms with Crippen molar-refractivity contribution in [3.63, 3.8) is 0 Å². The molecule has 2 aromatic carbocycles. The number of nitrogens with one attached hydrogen (secondary N) is 1. The molecular formula is C18H10ClN3O3. The molecule has 0 atom stereocenters. The Bertz CT molecular complexity index is 1070. The molecule has 6 nitrogen and oxygen atoms in total. The number of non-ortho nitro benzene ring substituents is 1. The fraction of sp³-hybridized carbons (Fsp3) is 0. The van der Waals surface area contributed by atoms with E-state index in [1.807, 2.05) is 6.07 Å². The zero-order valence-electron chi connectivity index (χ0n) is 12.7. The molecule has 0 spiro atoms. The summed E-state index contributed by atoms with van der Waals surface area (Å²) in [6, 6.07) is 16.2. The molecule has 1 N–H and O–H groups in total. The van der Waals surface area contributed by atoms with Crippen molar-refractivity contribution in [2.45, 2.75) is 0 Å². The van der Waals surface area contributed by atoms with Gasteiger partial charge in [-0.2, -0.15) is 5.26 Å². The number of nitro groups is 1. The van der Waals surface area contributed by atoms with Crippen molar-refractivity contribution in [3.05, 3.63) is 85.7 Å². The molecule has 0 aliphatic carbocycles. The van der Waals surface area contributed by atoms with Crippen LogP contribution in [0.2, 0.25) is 5.02 Å². The molecule has 3 rings (SSSR count). The number of hydrogen-bond donors (Lipinski definition) is 1. The molecule has 7 heteroatoms. The van der Waals surface area contributed by atoms with Crippen molar-refractivity contribution in [2.75, 3.05) is 0 Å². The second-order valence-corrected chi connectivity index (χ2v) is 5.66. The number of H-pyrrole nitrogens is 1. The summed E-state index contributed by atoms with van der Waals surface area (Å²) in [6.07, 6.45) is 0. The van der Waals surface area contributed by atoms with Gasteiger partial charge in [0.25, 0.3) is 11.2 Å². The first kappa shape index (κ1) is 16.4. The highest BCUT2D eigenvalue weighted by atomic mass is 35.5. The number of hydrogen-bond acceptors (Lipinski definition) is 4. The van der Waals surface area contributed by atoms with E-state index in [-0.39, 0.29) is 11.3 Å². The molecule has 0 bridgehead atoms. The molecule has 1 aromatic heterocycles. The summed E-state index contributed by atoms with van der Waals surface area (Å²) >= 11 is 6.00. The average Bonchev–Trinajstić information content (AvgIpc) is 2.61. The number of nitriles is 1. The normalized spacial score (nSPS) is 10.2. The van der Waals surface area contributed by atoms with Crippen LogP contribution in [-0.2, 0) is 0 Å². The Balaban J connectivity index is 2.18. The maximum absolute atomic E-state index is 12.3. The van der Waals surface area contributed by atoms with Crippen molar-refractivity contribution in [1.29, 1.82) is 5.26 Å². The minimum Gasteiger partial charge on any atom is -0.321 e. The van der Waals surface area contributed by atoms with E-state index in [0.717, 1.165) is 0 Å². The highest BCUT2D eigenvalue weighted by Crippen LogP contribution is 2.28. The number of benzene rings is 2. The minimum atomic E-state index is -0.534. The quantitative estimate of drug-likeness (QED) is 0.566. The molecule has 122 valence electrons. The average molecular weight is 352 g/mol. The van der Waals surface area contributed by atoms with Crippen LogP contribution in [0.5, 0.6) is 0 Å². The van der Waals surface area contributed by atoms with Gasteiger partial charge in [0.15, 0.2) is 0 Å². The van der Waals surface area contributed by atoms with E-state index in [2.05, 4.69) is 4.98 Å². The van der Waals surface area contributed by atoms with Gasteiger partial charge >= 0.3 is 0 Å². The predicted molar refractivity (Wildman–Crippen MR) is 94.3 cm³/mol. The molecular weight excluding hydrogens is 342 g/mol. The van der Waals surface area contributed by atoms with Gasteiger partial charge in [-0.1, -0.05) is 23.7 Å². The molecule has 0 unspecified atom stereocenters. The Hall–Kier alpha value is -3.43. The number of aromatic amines is 1. The van der Waals surface area contributed by atoms with Crippen molar-refractivity contribution in [1.82, 2.24) is 4.98 Å². The molecule has 1 heterocycles. The van der Waals surface area contributed by atoms with Crippen LogP contribution < -0.4 is 5.56 Å². The number of rotatable bonds is 3. The van der Waals surface area contributed by atoms with Crippen molar-refractivity contribution >= 4 is 17.3 Å². The summed E-state index contributed by atoms with van der Waals surface area (Å²) in [6.45, 7) is 0. The molecule has 0 saturated heterocycles. The monoisotopic (exact) mass is 351 g/mol. The summed E-state index contributed by atoms with van der Waals surface area (Å²) in [7, 11) is 0. The molecule has 0 amide bonds. The lowest BCUT2D eigenvalue weighted by Crippen LogP contribution is -2.12. The molecule has 0 saturated carbocycles. The molecule has 3 aromatic rings. The van der Waals surface area contributed by atoms with Crippen LogP contribution in [0.4, 0.5) is 5.69 Å². The summed E-state index contributed by atoms with van der Waals surface area (Å²) in [5.74, 6) is 0. The van der Waals surface area contributed by atoms with Crippen LogP contribution in [0.1, 0.15) is 5.56 Å². The molecule has 0 radical (unpaired) electrons. The van der Waals surface area contributed by atoms with Gasteiger partial charge in [-0.25, -0.2) is 0 Å². The number of nitro benzene ring substituents is 1. The highest BCUT2D eigenvalue weighted by molar-refractivity contribution is 6.30. The first-order valence-corrected chi connectivity index (χ1v) is 7.55. The lowest BCUT2D eigenvalue weighted by Gasteiger charge is -2.08. The lowest BCUT2D eigenvalue weighted by atomic mass is 9.99. The fourth-order valence-corrected chi connectivity index (χ4v) is 2.66. The standard InChI is InChI=1S/C18H10ClN3O3/c19-13-3-1-2-12(8-13)15-9-17(21-18(23)16(15)10-20)11-4-6-14(7-5-11)22(24)25/h1-9H,(H,21,23). The largest absolute Gasteiger partial charge is 0.321 e. The topological polar surface area (TPSA) is 99.8 Å². The van der Waals surface area contributed by atoms with E-state index in [1.54, 1.807) is 30.3 Å². The Kier molecular flexibility index (Phi) is 4.33. The first-order valence-electron chi connectivity index (χ1n) is 7.18. The second-order valence-electron chi connectivity index (χ2n) is 5.23. The number of nitrogens with zero attached hydrogens (tertiary/aromatic N) is 2. The summed E-state index contributed by atoms with van der Waals surface area (Å²) < 4.78 is 0. The predicted octanol–water partition coefficient (Wildman–Crippen LogP) is 4.14. The van der Waals surface area contributed by atoms with E-state index in [9.17, 15) is 20.2 Å². The summed E-state index contributed by atoms with van der Waals surface area (Å²) in [5, 5.41) is 20.6. The van der Waals surface area contributed by atoms with Crippen LogP contribution >= 0.6 is 11.6 Å². The van der Waals surface area contributed by atoms with Crippen molar-refractivity contribution < 1.29 is 4.92 Å². The van der Waals surface area contributed by atoms with Gasteiger partial charge in [0.05, 0.1) is 4.92 Å². The van der Waals surface area contributed by atoms with Crippen LogP contribution in [0, 0.1) is 21.4 Å². The van der Waals surface area contributed by atoms with Crippen molar-refractivity contribution in [2.24, 2.45) is 0 Å². The van der Waals surface area contributed by atoms with E-state index in [1.165, 1.54) is 24.3 Å². The maximum Gasteiger partial charge on any atom is 0.269 e. The SMILES string of the molecule is N#Cc1c(-c2cccc(Cl)c2)cc(-c2ccc([N+](=O)[O-])cc2)[nH]c1=O. The number of aromatic nitrogens is 1. The summed E-state index contributed by atoms with van der Waals surface area (Å²) in [4.78, 5) is 25.2. The Morgan fingerprint density at radius 1 is 1.08 bits per heavy atom. The van der Waals surface area contributed by atoms with Crippen LogP contribution in [-0.4, -0.2) is 9.91 Å². The van der Waals surface area contributed by atoms with E-state index >= 15 is 0 Å². The third-order valence-electron chi connectivity index (χ3n) is 3.67. The number of halogens is 1. The lowest BCUT2D eigenvalue weighted by molar-refractivity contribution is -0.384. The fourth-order valence-electron chi connectivity index (χ4n) is 2.47. The maximum atomic E-state index is 12.3. The molecule has 0 aliphatic rings. The second kappa shape index (κ2) is 6.59. The van der Waals surface area contributed by atoms with Crippen LogP contribution in [0.15, 0.2) is 59.4 Å². The Morgan fingerprint density at radius 2 is 1.80 bits per heavy atom. The third kappa shape index (κ3) is 3.27. The van der Waals surface area contributed by atoms with Gasteiger partial charge < -0.3 is 4.98 Å². The van der Waals surface area contributed by atoms with E-state index < -0.39 is 10.5 Å². The van der Waals surface area contributed by atoms with Gasteiger partial charge in [-0.15, -0.1) is 0 Å². The van der Waals surface area contributed by atoms with Gasteiger partial charge in [0, 0.05) is 28.4 Å². The molecule has 0 fully saturated rings. The van der Waals surface area contributed by atoms with Crippen LogP contribution in [0.3, 0.4) is 0 Å². The van der Waals surface area contributed by atoms with E-state index in [4.69, 9.17) is 11.6 Å². The van der Waals surface area contributed by atoms with Gasteiger partial charge in [0.1, 0.15) is 11.6 Å². The highest BCUT2D eigenvalue weighted by Gasteiger charge is 2.13. The number of pyridine rings is 1. The Morgan fingerprint density at radius 3 is 2.40 bits per heavy atom. The van der Waals surface area contributed by atoms with Gasteiger partial charge in [-0.05, 0) is 41.5 Å². The van der Waals surface area contributed by atoms with Gasteiger partial charge in [-0.3, -0.25) is 14.9 Å². The minimum absolute atomic E-state index is 0.0204. The van der Waals surface area contributed by atoms with Gasteiger partial charge in [0.2, 0.25) is 0 Å².